The van der Waals surface area contributed by atoms with Crippen molar-refractivity contribution >= 4 is 27.3 Å². The van der Waals surface area contributed by atoms with Crippen LogP contribution < -0.4 is 10.0 Å². The second kappa shape index (κ2) is 7.89. The van der Waals surface area contributed by atoms with Crippen LogP contribution in [0.2, 0.25) is 0 Å². The summed E-state index contributed by atoms with van der Waals surface area (Å²) in [5.41, 5.74) is 1.18. The fraction of sp³-hybridized carbons (Fsp3) is 0.312. The normalized spacial score (nSPS) is 11.6. The minimum absolute atomic E-state index is 0.243. The molecule has 2 aromatic rings. The van der Waals surface area contributed by atoms with E-state index in [0.29, 0.717) is 18.0 Å². The SMILES string of the molecule is Cc1cc(S(=O)(=O)NCCNCc2ccc(C(=O)O)cc2)c(C)s1. The van der Waals surface area contributed by atoms with Gasteiger partial charge in [-0.2, -0.15) is 0 Å². The van der Waals surface area contributed by atoms with Crippen LogP contribution in [0.1, 0.15) is 25.7 Å². The Morgan fingerprint density at radius 1 is 1.17 bits per heavy atom. The van der Waals surface area contributed by atoms with E-state index in [1.54, 1.807) is 37.3 Å². The molecule has 0 unspecified atom stereocenters. The van der Waals surface area contributed by atoms with Gasteiger partial charge in [0.15, 0.2) is 0 Å². The van der Waals surface area contributed by atoms with E-state index in [2.05, 4.69) is 10.0 Å². The Kier molecular flexibility index (Phi) is 6.11. The molecule has 0 aliphatic carbocycles. The molecule has 2 rings (SSSR count). The maximum Gasteiger partial charge on any atom is 0.335 e. The van der Waals surface area contributed by atoms with Crippen molar-refractivity contribution in [2.75, 3.05) is 13.1 Å². The van der Waals surface area contributed by atoms with Crippen LogP contribution in [0, 0.1) is 13.8 Å². The van der Waals surface area contributed by atoms with E-state index < -0.39 is 16.0 Å². The third kappa shape index (κ3) is 4.88. The van der Waals surface area contributed by atoms with E-state index in [1.165, 1.54) is 11.3 Å². The van der Waals surface area contributed by atoms with E-state index in [0.717, 1.165) is 15.3 Å². The van der Waals surface area contributed by atoms with E-state index >= 15 is 0 Å². The summed E-state index contributed by atoms with van der Waals surface area (Å²) in [4.78, 5) is 12.9. The molecule has 130 valence electrons. The lowest BCUT2D eigenvalue weighted by atomic mass is 10.1. The Balaban J connectivity index is 1.78. The number of carbonyl (C=O) groups is 1. The first kappa shape index (κ1) is 18.6. The van der Waals surface area contributed by atoms with E-state index in [9.17, 15) is 13.2 Å². The summed E-state index contributed by atoms with van der Waals surface area (Å²) in [6, 6.07) is 8.24. The van der Waals surface area contributed by atoms with Gasteiger partial charge in [-0.25, -0.2) is 17.9 Å². The van der Waals surface area contributed by atoms with Crippen molar-refractivity contribution in [1.29, 1.82) is 0 Å². The van der Waals surface area contributed by atoms with Crippen molar-refractivity contribution in [3.8, 4) is 0 Å². The number of sulfonamides is 1. The maximum atomic E-state index is 12.2. The number of hydrogen-bond acceptors (Lipinski definition) is 5. The molecular weight excluding hydrogens is 348 g/mol. The van der Waals surface area contributed by atoms with Gasteiger partial charge >= 0.3 is 5.97 Å². The lowest BCUT2D eigenvalue weighted by molar-refractivity contribution is 0.0697. The molecule has 0 radical (unpaired) electrons. The number of carboxylic acids is 1. The van der Waals surface area contributed by atoms with Crippen LogP contribution in [0.25, 0.3) is 0 Å². The van der Waals surface area contributed by atoms with Crippen LogP contribution in [-0.2, 0) is 16.6 Å². The van der Waals surface area contributed by atoms with Gasteiger partial charge in [0.05, 0.1) is 10.5 Å². The monoisotopic (exact) mass is 368 g/mol. The van der Waals surface area contributed by atoms with E-state index in [-0.39, 0.29) is 12.1 Å². The zero-order valence-corrected chi connectivity index (χ0v) is 15.1. The Bertz CT molecular complexity index is 811. The quantitative estimate of drug-likeness (QED) is 0.621. The highest BCUT2D eigenvalue weighted by Crippen LogP contribution is 2.24. The van der Waals surface area contributed by atoms with Crippen LogP contribution in [0.5, 0.6) is 0 Å². The first-order valence-electron chi connectivity index (χ1n) is 7.39. The molecule has 0 bridgehead atoms. The first-order chi connectivity index (χ1) is 11.3. The summed E-state index contributed by atoms with van der Waals surface area (Å²) < 4.78 is 27.0. The van der Waals surface area contributed by atoms with Crippen molar-refractivity contribution in [2.45, 2.75) is 25.3 Å². The highest BCUT2D eigenvalue weighted by atomic mass is 32.2. The summed E-state index contributed by atoms with van der Waals surface area (Å²) in [7, 11) is -3.48. The molecule has 0 aliphatic rings. The van der Waals surface area contributed by atoms with E-state index in [4.69, 9.17) is 5.11 Å². The molecule has 8 heteroatoms. The summed E-state index contributed by atoms with van der Waals surface area (Å²) in [6.07, 6.45) is 0. The van der Waals surface area contributed by atoms with Crippen molar-refractivity contribution in [1.82, 2.24) is 10.0 Å². The van der Waals surface area contributed by atoms with Crippen LogP contribution in [-0.4, -0.2) is 32.6 Å². The van der Waals surface area contributed by atoms with Gasteiger partial charge in [0.1, 0.15) is 0 Å². The number of hydrogen-bond donors (Lipinski definition) is 3. The number of rotatable bonds is 8. The molecule has 0 spiro atoms. The molecule has 6 nitrogen and oxygen atoms in total. The third-order valence-corrected chi connectivity index (χ3v) is 6.09. The number of benzene rings is 1. The van der Waals surface area contributed by atoms with Gasteiger partial charge in [-0.1, -0.05) is 12.1 Å². The predicted octanol–water partition coefficient (Wildman–Crippen LogP) is 2.13. The highest BCUT2D eigenvalue weighted by molar-refractivity contribution is 7.89. The number of thiophene rings is 1. The molecule has 24 heavy (non-hydrogen) atoms. The molecular formula is C16H20N2O4S2. The van der Waals surface area contributed by atoms with Gasteiger partial charge in [0.2, 0.25) is 10.0 Å². The van der Waals surface area contributed by atoms with Crippen molar-refractivity contribution < 1.29 is 18.3 Å². The second-order valence-corrected chi connectivity index (χ2v) is 8.55. The Morgan fingerprint density at radius 3 is 2.38 bits per heavy atom. The van der Waals surface area contributed by atoms with Gasteiger partial charge in [-0.05, 0) is 37.6 Å². The van der Waals surface area contributed by atoms with Crippen LogP contribution >= 0.6 is 11.3 Å². The molecule has 1 aromatic heterocycles. The fourth-order valence-corrected chi connectivity index (χ4v) is 4.81. The van der Waals surface area contributed by atoms with Crippen LogP contribution in [0.15, 0.2) is 35.2 Å². The Labute approximate surface area is 145 Å². The average molecular weight is 368 g/mol. The van der Waals surface area contributed by atoms with Gasteiger partial charge in [0.25, 0.3) is 0 Å². The number of nitrogens with one attached hydrogen (secondary N) is 2. The average Bonchev–Trinajstić information content (AvgIpc) is 2.87. The molecule has 0 aliphatic heterocycles. The van der Waals surface area contributed by atoms with E-state index in [1.807, 2.05) is 6.92 Å². The third-order valence-electron chi connectivity index (χ3n) is 3.41. The van der Waals surface area contributed by atoms with Crippen molar-refractivity contribution in [3.63, 3.8) is 0 Å². The second-order valence-electron chi connectivity index (χ2n) is 5.35. The smallest absolute Gasteiger partial charge is 0.335 e. The van der Waals surface area contributed by atoms with Crippen LogP contribution in [0.4, 0.5) is 0 Å². The molecule has 0 saturated carbocycles. The molecule has 0 saturated heterocycles. The van der Waals surface area contributed by atoms with Crippen molar-refractivity contribution in [3.05, 3.63) is 51.2 Å². The largest absolute Gasteiger partial charge is 0.478 e. The molecule has 1 aromatic carbocycles. The van der Waals surface area contributed by atoms with Crippen LogP contribution in [0.3, 0.4) is 0 Å². The fourth-order valence-electron chi connectivity index (χ4n) is 2.22. The maximum absolute atomic E-state index is 12.2. The Morgan fingerprint density at radius 2 is 1.83 bits per heavy atom. The lowest BCUT2D eigenvalue weighted by Crippen LogP contribution is -2.31. The topological polar surface area (TPSA) is 95.5 Å². The molecule has 0 amide bonds. The number of carboxylic acid groups (broad SMARTS) is 1. The zero-order chi connectivity index (χ0) is 17.7. The summed E-state index contributed by atoms with van der Waals surface area (Å²) in [5, 5.41) is 12.0. The first-order valence-corrected chi connectivity index (χ1v) is 9.69. The zero-order valence-electron chi connectivity index (χ0n) is 13.5. The molecule has 0 fully saturated rings. The molecule has 1 heterocycles. The minimum Gasteiger partial charge on any atom is -0.478 e. The van der Waals surface area contributed by atoms with Gasteiger partial charge < -0.3 is 10.4 Å². The number of aryl methyl sites for hydroxylation is 2. The Hall–Kier alpha value is -1.74. The number of aromatic carboxylic acids is 1. The molecule has 3 N–H and O–H groups in total. The van der Waals surface area contributed by atoms with Gasteiger partial charge in [0, 0.05) is 29.4 Å². The summed E-state index contributed by atoms with van der Waals surface area (Å²) in [5.74, 6) is -0.956. The van der Waals surface area contributed by atoms with Gasteiger partial charge in [-0.3, -0.25) is 0 Å². The predicted molar refractivity (Wildman–Crippen MR) is 94.1 cm³/mol. The minimum atomic E-state index is -3.48. The summed E-state index contributed by atoms with van der Waals surface area (Å²) >= 11 is 1.46. The van der Waals surface area contributed by atoms with Crippen molar-refractivity contribution in [2.24, 2.45) is 0 Å². The highest BCUT2D eigenvalue weighted by Gasteiger charge is 2.18. The lowest BCUT2D eigenvalue weighted by Gasteiger charge is -2.08. The molecule has 0 atom stereocenters. The van der Waals surface area contributed by atoms with Gasteiger partial charge in [-0.15, -0.1) is 11.3 Å². The standard InChI is InChI=1S/C16H20N2O4S2/c1-11-9-15(12(2)23-11)24(21,22)18-8-7-17-10-13-3-5-14(6-4-13)16(19)20/h3-6,9,17-18H,7-8,10H2,1-2H3,(H,19,20). The summed E-state index contributed by atoms with van der Waals surface area (Å²) in [6.45, 7) is 4.98.